The van der Waals surface area contributed by atoms with E-state index in [0.29, 0.717) is 42.8 Å². The Bertz CT molecular complexity index is 2580. The van der Waals surface area contributed by atoms with E-state index in [1.807, 2.05) is 31.3 Å². The number of esters is 1. The lowest BCUT2D eigenvalue weighted by Gasteiger charge is -2.29. The van der Waals surface area contributed by atoms with Gasteiger partial charge in [-0.05, 0) is 41.3 Å². The summed E-state index contributed by atoms with van der Waals surface area (Å²) in [5, 5.41) is 4.97. The molecule has 1 saturated heterocycles. The van der Waals surface area contributed by atoms with Crippen molar-refractivity contribution >= 4 is 79.4 Å². The summed E-state index contributed by atoms with van der Waals surface area (Å²) in [4.78, 5) is 67.6. The number of alkyl halides is 4. The van der Waals surface area contributed by atoms with Crippen LogP contribution in [0.2, 0.25) is 0 Å². The largest absolute Gasteiger partial charge is 1.00 e. The number of aromatic nitrogens is 3. The van der Waals surface area contributed by atoms with Crippen LogP contribution >= 0.6 is 11.6 Å². The molecule has 57 heavy (non-hydrogen) atoms. The molecule has 3 aromatic carbocycles. The van der Waals surface area contributed by atoms with Crippen molar-refractivity contribution in [1.29, 1.82) is 0 Å². The third-order valence-electron chi connectivity index (χ3n) is 10.3. The summed E-state index contributed by atoms with van der Waals surface area (Å²) in [5.41, 5.74) is -0.783. The van der Waals surface area contributed by atoms with Crippen LogP contribution in [0.15, 0.2) is 66.9 Å². The number of nitrogens with one attached hydrogen (secondary N) is 4. The van der Waals surface area contributed by atoms with Gasteiger partial charge in [-0.3, -0.25) is 19.5 Å². The first-order chi connectivity index (χ1) is 26.8. The second-order valence-corrected chi connectivity index (χ2v) is 14.2. The molecule has 2 aliphatic rings. The Hall–Kier alpha value is -5.84. The molecule has 3 amide bonds. The number of benzene rings is 3. The highest BCUT2D eigenvalue weighted by molar-refractivity contribution is 6.20. The molecule has 0 spiro atoms. The van der Waals surface area contributed by atoms with E-state index < -0.39 is 47.2 Å². The molecule has 3 aromatic heterocycles. The summed E-state index contributed by atoms with van der Waals surface area (Å²) in [6.07, 6.45) is -4.20. The van der Waals surface area contributed by atoms with Crippen molar-refractivity contribution in [3.05, 3.63) is 95.1 Å². The first kappa shape index (κ1) is 39.4. The number of halogens is 5. The van der Waals surface area contributed by atoms with Crippen LogP contribution in [0, 0.1) is 0 Å². The minimum absolute atomic E-state index is 0. The lowest BCUT2D eigenvalue weighted by molar-refractivity contribution is -0.883. The molecular weight excluding hydrogens is 790 g/mol. The summed E-state index contributed by atoms with van der Waals surface area (Å²) >= 11 is 6.42. The van der Waals surface area contributed by atoms with Crippen molar-refractivity contribution < 1.29 is 59.1 Å². The highest BCUT2D eigenvalue weighted by atomic mass is 35.5. The number of carbonyl (C=O) groups excluding carboxylic acids is 4. The molecule has 6 aromatic rings. The number of anilines is 2. The Kier molecular flexibility index (Phi) is 10.5. The van der Waals surface area contributed by atoms with E-state index in [1.165, 1.54) is 20.8 Å². The van der Waals surface area contributed by atoms with E-state index in [9.17, 15) is 32.3 Å². The second-order valence-electron chi connectivity index (χ2n) is 13.9. The summed E-state index contributed by atoms with van der Waals surface area (Å²) in [5.74, 6) is -3.41. The van der Waals surface area contributed by atoms with Gasteiger partial charge in [-0.25, -0.2) is 9.59 Å². The zero-order valence-corrected chi connectivity index (χ0v) is 31.9. The molecule has 5 heterocycles. The van der Waals surface area contributed by atoms with E-state index in [-0.39, 0.29) is 64.1 Å². The van der Waals surface area contributed by atoms with Crippen LogP contribution in [-0.2, 0) is 10.9 Å². The van der Waals surface area contributed by atoms with Gasteiger partial charge in [0.2, 0.25) is 0 Å². The Balaban J connectivity index is 0.00000496. The van der Waals surface area contributed by atoms with Gasteiger partial charge in [0.05, 0.1) is 57.1 Å². The average Bonchev–Trinajstić information content (AvgIpc) is 3.91. The number of amides is 3. The van der Waals surface area contributed by atoms with E-state index in [4.69, 9.17) is 21.1 Å². The van der Waals surface area contributed by atoms with Crippen LogP contribution in [0.1, 0.15) is 48.5 Å². The SMILES string of the molecule is COC(=O)c1c(C(F)(F)F)[nH]c2c(OC(=O)N3CC[NH+](C)CC3)cc3c(c12)[C@H](CCl)CN3C(=O)c1cc2cc(NC(=O)c3cc4ccccc4cn3)ccc2[nH]1.[Cl-]. The number of nitrogens with zero attached hydrogens (tertiary/aromatic N) is 3. The number of pyridine rings is 1. The number of methoxy groups -OCH3 is 1. The maximum atomic E-state index is 14.5. The predicted octanol–water partition coefficient (Wildman–Crippen LogP) is 2.57. The first-order valence-corrected chi connectivity index (χ1v) is 18.2. The molecule has 13 nitrogen and oxygen atoms in total. The maximum Gasteiger partial charge on any atom is 0.432 e. The fourth-order valence-corrected chi connectivity index (χ4v) is 7.68. The number of rotatable bonds is 6. The van der Waals surface area contributed by atoms with Crippen molar-refractivity contribution in [2.75, 3.05) is 63.0 Å². The van der Waals surface area contributed by atoms with Crippen LogP contribution in [0.5, 0.6) is 5.75 Å². The highest BCUT2D eigenvalue weighted by Crippen LogP contribution is 2.50. The average molecular weight is 825 g/mol. The van der Waals surface area contributed by atoms with Gasteiger partial charge in [-0.2, -0.15) is 13.2 Å². The maximum absolute atomic E-state index is 14.5. The van der Waals surface area contributed by atoms with Crippen LogP contribution in [0.3, 0.4) is 0 Å². The van der Waals surface area contributed by atoms with Gasteiger partial charge >= 0.3 is 18.2 Å². The number of aromatic amines is 2. The van der Waals surface area contributed by atoms with Crippen LogP contribution in [-0.4, -0.2) is 96.5 Å². The van der Waals surface area contributed by atoms with Gasteiger partial charge in [0, 0.05) is 58.0 Å². The fourth-order valence-electron chi connectivity index (χ4n) is 7.42. The third-order valence-corrected chi connectivity index (χ3v) is 10.7. The van der Waals surface area contributed by atoms with Gasteiger partial charge in [-0.1, -0.05) is 24.3 Å². The van der Waals surface area contributed by atoms with Crippen molar-refractivity contribution in [2.45, 2.75) is 12.1 Å². The van der Waals surface area contributed by atoms with E-state index >= 15 is 0 Å². The van der Waals surface area contributed by atoms with Gasteiger partial charge in [0.1, 0.15) is 17.1 Å². The quantitative estimate of drug-likeness (QED) is 0.149. The topological polar surface area (TPSA) is 154 Å². The monoisotopic (exact) mass is 823 g/mol. The van der Waals surface area contributed by atoms with Crippen LogP contribution < -0.4 is 32.3 Å². The molecule has 0 saturated carbocycles. The first-order valence-electron chi connectivity index (χ1n) is 17.7. The number of piperazine rings is 1. The van der Waals surface area contributed by atoms with E-state index in [2.05, 4.69) is 20.3 Å². The number of fused-ring (bicyclic) bond motifs is 5. The van der Waals surface area contributed by atoms with E-state index in [0.717, 1.165) is 17.9 Å². The normalized spacial score (nSPS) is 15.8. The Morgan fingerprint density at radius 2 is 1.74 bits per heavy atom. The number of likely N-dealkylation sites (N-methyl/N-ethyl adjacent to an activating group) is 1. The van der Waals surface area contributed by atoms with E-state index in [1.54, 1.807) is 36.5 Å². The number of H-pyrrole nitrogens is 2. The van der Waals surface area contributed by atoms with Crippen molar-refractivity contribution in [1.82, 2.24) is 19.9 Å². The van der Waals surface area contributed by atoms with Gasteiger partial charge in [0.25, 0.3) is 11.8 Å². The molecule has 0 radical (unpaired) electrons. The second kappa shape index (κ2) is 15.2. The molecular formula is C39H34Cl2F3N7O6. The van der Waals surface area contributed by atoms with Gasteiger partial charge in [-0.15, -0.1) is 11.6 Å². The smallest absolute Gasteiger partial charge is 0.432 e. The lowest BCUT2D eigenvalue weighted by Crippen LogP contribution is -3.12. The molecule has 296 valence electrons. The minimum atomic E-state index is -5.03. The molecule has 0 bridgehead atoms. The number of ether oxygens (including phenoxy) is 2. The molecule has 1 atom stereocenters. The Morgan fingerprint density at radius 1 is 1.00 bits per heavy atom. The molecule has 1 fully saturated rings. The number of hydrogen-bond donors (Lipinski definition) is 4. The molecule has 2 aliphatic heterocycles. The molecule has 4 N–H and O–H groups in total. The van der Waals surface area contributed by atoms with Crippen molar-refractivity contribution in [2.24, 2.45) is 0 Å². The summed E-state index contributed by atoms with van der Waals surface area (Å²) < 4.78 is 54.2. The van der Waals surface area contributed by atoms with Gasteiger partial charge < -0.3 is 47.0 Å². The number of carbonyl (C=O) groups is 4. The van der Waals surface area contributed by atoms with Crippen molar-refractivity contribution in [3.63, 3.8) is 0 Å². The highest BCUT2D eigenvalue weighted by Gasteiger charge is 2.44. The molecule has 8 rings (SSSR count). The standard InChI is InChI=1S/C39H33ClF3N7O6.ClH/c1-48-9-11-49(12-10-48)38(54)56-29-16-28-30(31-32(37(53)55-2)34(39(41,42)43)47-33(29)31)23(17-40)19-50(28)36(52)27-15-22-13-24(7-8-25(22)46-27)45-35(51)26-14-20-5-3-4-6-21(20)18-44-26;/h3-8,13-16,18,23,46-47H,9-12,17,19H2,1-2H3,(H,45,51);1H/t23-;/m1./s1. The summed E-state index contributed by atoms with van der Waals surface area (Å²) in [6.45, 7) is 1.93. The number of quaternary nitrogens is 1. The molecule has 0 aliphatic carbocycles. The predicted molar refractivity (Wildman–Crippen MR) is 202 cm³/mol. The molecule has 18 heteroatoms. The fraction of sp³-hybridized carbons (Fsp3) is 0.256. The third kappa shape index (κ3) is 7.19. The summed E-state index contributed by atoms with van der Waals surface area (Å²) in [6, 6.07) is 17.2. The zero-order chi connectivity index (χ0) is 39.5. The van der Waals surface area contributed by atoms with Crippen LogP contribution in [0.25, 0.3) is 32.6 Å². The zero-order valence-electron chi connectivity index (χ0n) is 30.4. The Morgan fingerprint density at radius 3 is 2.44 bits per heavy atom. The van der Waals surface area contributed by atoms with Gasteiger partial charge in [0.15, 0.2) is 5.75 Å². The van der Waals surface area contributed by atoms with Crippen LogP contribution in [0.4, 0.5) is 29.3 Å². The molecule has 0 unspecified atom stereocenters. The number of hydrogen-bond acceptors (Lipinski definition) is 7. The summed E-state index contributed by atoms with van der Waals surface area (Å²) in [7, 11) is 2.94. The minimum Gasteiger partial charge on any atom is -1.00 e. The lowest BCUT2D eigenvalue weighted by atomic mass is 9.95. The Labute approximate surface area is 333 Å². The van der Waals surface area contributed by atoms with Crippen molar-refractivity contribution in [3.8, 4) is 5.75 Å².